The highest BCUT2D eigenvalue weighted by Gasteiger charge is 2.28. The number of nitrogens with two attached hydrogens (primary N) is 1. The topological polar surface area (TPSA) is 55.1 Å². The summed E-state index contributed by atoms with van der Waals surface area (Å²) in [6, 6.07) is 0.687. The fourth-order valence-electron chi connectivity index (χ4n) is 3.30. The van der Waals surface area contributed by atoms with Crippen LogP contribution in [-0.2, 0) is 4.79 Å². The van der Waals surface area contributed by atoms with Crippen molar-refractivity contribution < 1.29 is 4.79 Å². The van der Waals surface area contributed by atoms with Gasteiger partial charge >= 0.3 is 0 Å². The molecule has 3 nitrogen and oxygen atoms in total. The molecule has 3 heteroatoms. The van der Waals surface area contributed by atoms with E-state index in [9.17, 15) is 4.79 Å². The molecule has 17 heavy (non-hydrogen) atoms. The van der Waals surface area contributed by atoms with Crippen LogP contribution in [0.25, 0.3) is 0 Å². The molecule has 2 aliphatic rings. The van der Waals surface area contributed by atoms with E-state index in [-0.39, 0.29) is 11.8 Å². The van der Waals surface area contributed by atoms with Gasteiger partial charge < -0.3 is 11.1 Å². The fraction of sp³-hybridized carbons (Fsp3) is 0.929. The van der Waals surface area contributed by atoms with Gasteiger partial charge in [0.15, 0.2) is 0 Å². The van der Waals surface area contributed by atoms with E-state index in [1.54, 1.807) is 0 Å². The molecule has 3 N–H and O–H groups in total. The van der Waals surface area contributed by atoms with Crippen LogP contribution in [0.3, 0.4) is 0 Å². The number of nitrogens with one attached hydrogen (secondary N) is 1. The molecule has 0 saturated heterocycles. The van der Waals surface area contributed by atoms with Crippen molar-refractivity contribution in [3.05, 3.63) is 0 Å². The minimum absolute atomic E-state index is 0.221. The molecule has 98 valence electrons. The lowest BCUT2D eigenvalue weighted by molar-refractivity contribution is -0.127. The van der Waals surface area contributed by atoms with Gasteiger partial charge in [0.1, 0.15) is 0 Å². The van der Waals surface area contributed by atoms with E-state index in [4.69, 9.17) is 5.73 Å². The maximum absolute atomic E-state index is 12.1. The second kappa shape index (κ2) is 5.85. The lowest BCUT2D eigenvalue weighted by Gasteiger charge is -2.28. The number of carbonyl (C=O) groups excluding carboxylic acids is 1. The smallest absolute Gasteiger partial charge is 0.223 e. The molecule has 2 aliphatic carbocycles. The fourth-order valence-corrected chi connectivity index (χ4v) is 3.30. The van der Waals surface area contributed by atoms with Gasteiger partial charge in [-0.15, -0.1) is 0 Å². The van der Waals surface area contributed by atoms with Crippen LogP contribution < -0.4 is 11.1 Å². The van der Waals surface area contributed by atoms with Gasteiger partial charge in [-0.1, -0.05) is 12.8 Å². The summed E-state index contributed by atoms with van der Waals surface area (Å²) in [5.74, 6) is 1.21. The second-order valence-corrected chi connectivity index (χ2v) is 5.95. The van der Waals surface area contributed by atoms with Crippen LogP contribution in [0.2, 0.25) is 0 Å². The zero-order valence-electron chi connectivity index (χ0n) is 11.0. The average molecular weight is 238 g/mol. The van der Waals surface area contributed by atoms with Crippen molar-refractivity contribution in [1.82, 2.24) is 5.32 Å². The monoisotopic (exact) mass is 238 g/mol. The highest BCUT2D eigenvalue weighted by molar-refractivity contribution is 5.79. The molecule has 0 aliphatic heterocycles. The van der Waals surface area contributed by atoms with E-state index < -0.39 is 0 Å². The average Bonchev–Trinajstić information content (AvgIpc) is 2.83. The molecule has 0 bridgehead atoms. The number of rotatable bonds is 3. The normalized spacial score (nSPS) is 32.4. The highest BCUT2D eigenvalue weighted by Crippen LogP contribution is 2.28. The van der Waals surface area contributed by atoms with E-state index in [0.717, 1.165) is 25.7 Å². The minimum Gasteiger partial charge on any atom is -0.353 e. The SMILES string of the molecule is C[C@H](NC(=O)C1CCC(N)CC1)C1CCCC1. The predicted octanol–water partition coefficient (Wildman–Crippen LogP) is 2.20. The van der Waals surface area contributed by atoms with Crippen molar-refractivity contribution in [2.45, 2.75) is 70.4 Å². The van der Waals surface area contributed by atoms with Crippen LogP contribution in [0.15, 0.2) is 0 Å². The Bertz CT molecular complexity index is 253. The molecule has 1 atom stereocenters. The summed E-state index contributed by atoms with van der Waals surface area (Å²) < 4.78 is 0. The van der Waals surface area contributed by atoms with E-state index in [2.05, 4.69) is 12.2 Å². The first kappa shape index (κ1) is 12.9. The maximum Gasteiger partial charge on any atom is 0.223 e. The third-order valence-electron chi connectivity index (χ3n) is 4.62. The molecule has 0 aromatic carbocycles. The Morgan fingerprint density at radius 3 is 2.29 bits per heavy atom. The van der Waals surface area contributed by atoms with Gasteiger partial charge in [0.05, 0.1) is 0 Å². The van der Waals surface area contributed by atoms with E-state index >= 15 is 0 Å². The molecule has 2 fully saturated rings. The Morgan fingerprint density at radius 2 is 1.71 bits per heavy atom. The highest BCUT2D eigenvalue weighted by atomic mass is 16.1. The molecular formula is C14H26N2O. The van der Waals surface area contributed by atoms with Crippen molar-refractivity contribution in [3.63, 3.8) is 0 Å². The van der Waals surface area contributed by atoms with Crippen molar-refractivity contribution in [1.29, 1.82) is 0 Å². The van der Waals surface area contributed by atoms with Gasteiger partial charge in [-0.3, -0.25) is 4.79 Å². The molecule has 0 radical (unpaired) electrons. The molecule has 0 unspecified atom stereocenters. The molecular weight excluding hydrogens is 212 g/mol. The van der Waals surface area contributed by atoms with Crippen LogP contribution in [0.4, 0.5) is 0 Å². The first-order valence-electron chi connectivity index (χ1n) is 7.22. The Kier molecular flexibility index (Phi) is 4.43. The summed E-state index contributed by atoms with van der Waals surface area (Å²) in [5.41, 5.74) is 5.87. The van der Waals surface area contributed by atoms with Gasteiger partial charge in [-0.05, 0) is 51.4 Å². The molecule has 0 heterocycles. The van der Waals surface area contributed by atoms with E-state index in [0.29, 0.717) is 18.0 Å². The second-order valence-electron chi connectivity index (χ2n) is 5.95. The molecule has 0 spiro atoms. The van der Waals surface area contributed by atoms with Crippen LogP contribution in [-0.4, -0.2) is 18.0 Å². The Hall–Kier alpha value is -0.570. The van der Waals surface area contributed by atoms with Crippen LogP contribution in [0.5, 0.6) is 0 Å². The van der Waals surface area contributed by atoms with Gasteiger partial charge in [0.25, 0.3) is 0 Å². The summed E-state index contributed by atoms with van der Waals surface area (Å²) >= 11 is 0. The third-order valence-corrected chi connectivity index (χ3v) is 4.62. The largest absolute Gasteiger partial charge is 0.353 e. The predicted molar refractivity (Wildman–Crippen MR) is 69.5 cm³/mol. The molecule has 2 rings (SSSR count). The van der Waals surface area contributed by atoms with E-state index in [1.165, 1.54) is 25.7 Å². The van der Waals surface area contributed by atoms with Crippen LogP contribution in [0.1, 0.15) is 58.3 Å². The van der Waals surface area contributed by atoms with Gasteiger partial charge in [0.2, 0.25) is 5.91 Å². The maximum atomic E-state index is 12.1. The zero-order valence-corrected chi connectivity index (χ0v) is 11.0. The molecule has 1 amide bonds. The summed E-state index contributed by atoms with van der Waals surface area (Å²) in [6.07, 6.45) is 9.22. The number of hydrogen-bond donors (Lipinski definition) is 2. The third kappa shape index (κ3) is 3.44. The van der Waals surface area contributed by atoms with Crippen LogP contribution in [0, 0.1) is 11.8 Å². The summed E-state index contributed by atoms with van der Waals surface area (Å²) in [6.45, 7) is 2.17. The summed E-state index contributed by atoms with van der Waals surface area (Å²) in [7, 11) is 0. The summed E-state index contributed by atoms with van der Waals surface area (Å²) in [4.78, 5) is 12.1. The minimum atomic E-state index is 0.221. The first-order chi connectivity index (χ1) is 8.16. The lowest BCUT2D eigenvalue weighted by atomic mass is 9.85. The molecule has 0 aromatic heterocycles. The van der Waals surface area contributed by atoms with Crippen molar-refractivity contribution in [2.24, 2.45) is 17.6 Å². The quantitative estimate of drug-likeness (QED) is 0.792. The van der Waals surface area contributed by atoms with E-state index in [1.807, 2.05) is 0 Å². The number of amides is 1. The Labute approximate surface area is 105 Å². The Morgan fingerprint density at radius 1 is 1.12 bits per heavy atom. The van der Waals surface area contributed by atoms with Gasteiger partial charge in [-0.25, -0.2) is 0 Å². The van der Waals surface area contributed by atoms with Gasteiger partial charge in [0, 0.05) is 18.0 Å². The zero-order chi connectivity index (χ0) is 12.3. The number of carbonyl (C=O) groups is 1. The molecule has 2 saturated carbocycles. The van der Waals surface area contributed by atoms with Gasteiger partial charge in [-0.2, -0.15) is 0 Å². The first-order valence-corrected chi connectivity index (χ1v) is 7.22. The Balaban J connectivity index is 1.76. The van der Waals surface area contributed by atoms with Crippen LogP contribution >= 0.6 is 0 Å². The molecule has 0 aromatic rings. The number of hydrogen-bond acceptors (Lipinski definition) is 2. The van der Waals surface area contributed by atoms with Crippen molar-refractivity contribution in [3.8, 4) is 0 Å². The van der Waals surface area contributed by atoms with Crippen molar-refractivity contribution in [2.75, 3.05) is 0 Å². The van der Waals surface area contributed by atoms with Crippen molar-refractivity contribution >= 4 is 5.91 Å². The standard InChI is InChI=1S/C14H26N2O/c1-10(11-4-2-3-5-11)16-14(17)12-6-8-13(15)9-7-12/h10-13H,2-9,15H2,1H3,(H,16,17)/t10-,12?,13?/m0/s1. The lowest BCUT2D eigenvalue weighted by Crippen LogP contribution is -2.42. The summed E-state index contributed by atoms with van der Waals surface area (Å²) in [5, 5.41) is 3.23.